The number of halogens is 2. The molecule has 1 fully saturated rings. The lowest BCUT2D eigenvalue weighted by molar-refractivity contribution is -0.123. The second-order valence-electron chi connectivity index (χ2n) is 7.43. The van der Waals surface area contributed by atoms with Crippen molar-refractivity contribution in [3.05, 3.63) is 93.1 Å². The number of thioether (sulfide) groups is 1. The fraction of sp³-hybridized carbons (Fsp3) is 0.154. The molecule has 3 aromatic rings. The number of benzene rings is 3. The summed E-state index contributed by atoms with van der Waals surface area (Å²) in [6.45, 7) is 0.464. The minimum absolute atomic E-state index is 0.104. The number of para-hydroxylation sites is 2. The van der Waals surface area contributed by atoms with Crippen molar-refractivity contribution in [1.29, 1.82) is 0 Å². The van der Waals surface area contributed by atoms with E-state index in [1.54, 1.807) is 49.6 Å². The van der Waals surface area contributed by atoms with E-state index in [-0.39, 0.29) is 35.7 Å². The van der Waals surface area contributed by atoms with E-state index < -0.39 is 5.91 Å². The minimum Gasteiger partial charge on any atom is -0.493 e. The lowest BCUT2D eigenvalue weighted by Crippen LogP contribution is -2.32. The Balaban J connectivity index is 1.44. The molecule has 2 amide bonds. The van der Waals surface area contributed by atoms with E-state index in [1.165, 1.54) is 12.1 Å². The Labute approximate surface area is 214 Å². The number of rotatable bonds is 9. The zero-order valence-electron chi connectivity index (χ0n) is 18.7. The summed E-state index contributed by atoms with van der Waals surface area (Å²) in [6, 6.07) is 18.6. The highest BCUT2D eigenvalue weighted by Crippen LogP contribution is 2.35. The van der Waals surface area contributed by atoms with E-state index in [1.807, 2.05) is 18.2 Å². The third kappa shape index (κ3) is 6.23. The topological polar surface area (TPSA) is 65.1 Å². The number of ether oxygens (including phenoxy) is 3. The minimum atomic E-state index is -0.395. The molecular formula is C26H21BrFNO5S. The van der Waals surface area contributed by atoms with Gasteiger partial charge in [-0.05, 0) is 65.9 Å². The molecule has 0 atom stereocenters. The molecule has 35 heavy (non-hydrogen) atoms. The van der Waals surface area contributed by atoms with Crippen LogP contribution >= 0.6 is 27.7 Å². The maximum Gasteiger partial charge on any atom is 0.293 e. The molecule has 0 radical (unpaired) electrons. The van der Waals surface area contributed by atoms with Gasteiger partial charge < -0.3 is 14.2 Å². The van der Waals surface area contributed by atoms with Crippen LogP contribution in [0.1, 0.15) is 11.1 Å². The predicted octanol–water partition coefficient (Wildman–Crippen LogP) is 6.29. The molecule has 3 aromatic carbocycles. The Morgan fingerprint density at radius 1 is 0.971 bits per heavy atom. The molecule has 0 N–H and O–H groups in total. The van der Waals surface area contributed by atoms with Crippen molar-refractivity contribution >= 4 is 44.9 Å². The SMILES string of the molecule is COc1ccccc1OCCN1C(=O)S/C(=C\c2cc(Br)ccc2OCc2ccc(F)cc2)C1=O. The summed E-state index contributed by atoms with van der Waals surface area (Å²) in [5.74, 6) is 0.929. The summed E-state index contributed by atoms with van der Waals surface area (Å²) in [4.78, 5) is 26.9. The average Bonchev–Trinajstić information content (AvgIpc) is 3.12. The van der Waals surface area contributed by atoms with Gasteiger partial charge in [0.2, 0.25) is 0 Å². The standard InChI is InChI=1S/C26H21BrFNO5S/c1-32-22-4-2-3-5-23(22)33-13-12-29-25(30)24(35-26(29)31)15-18-14-19(27)8-11-21(18)34-16-17-6-9-20(28)10-7-17/h2-11,14-15H,12-13,16H2,1H3/b24-15-. The quantitative estimate of drug-likeness (QED) is 0.288. The normalized spacial score (nSPS) is 14.5. The van der Waals surface area contributed by atoms with Crippen molar-refractivity contribution in [1.82, 2.24) is 4.90 Å². The van der Waals surface area contributed by atoms with E-state index in [4.69, 9.17) is 14.2 Å². The number of methoxy groups -OCH3 is 1. The number of amides is 2. The lowest BCUT2D eigenvalue weighted by Gasteiger charge is -2.14. The van der Waals surface area contributed by atoms with Gasteiger partial charge in [-0.15, -0.1) is 0 Å². The van der Waals surface area contributed by atoms with Crippen LogP contribution in [0.4, 0.5) is 9.18 Å². The van der Waals surface area contributed by atoms with Crippen molar-refractivity contribution in [2.24, 2.45) is 0 Å². The number of imide groups is 1. The Bertz CT molecular complexity index is 1260. The van der Waals surface area contributed by atoms with Gasteiger partial charge in [0.15, 0.2) is 11.5 Å². The summed E-state index contributed by atoms with van der Waals surface area (Å²) < 4.78 is 30.8. The molecule has 180 valence electrons. The Kier molecular flexibility index (Phi) is 8.09. The van der Waals surface area contributed by atoms with Gasteiger partial charge in [-0.3, -0.25) is 14.5 Å². The van der Waals surface area contributed by atoms with E-state index in [9.17, 15) is 14.0 Å². The monoisotopic (exact) mass is 557 g/mol. The summed E-state index contributed by atoms with van der Waals surface area (Å²) in [5, 5.41) is -0.367. The summed E-state index contributed by atoms with van der Waals surface area (Å²) in [5.41, 5.74) is 1.44. The molecule has 4 rings (SSSR count). The number of nitrogens with zero attached hydrogens (tertiary/aromatic N) is 1. The zero-order valence-corrected chi connectivity index (χ0v) is 21.1. The smallest absolute Gasteiger partial charge is 0.293 e. The molecule has 9 heteroatoms. The van der Waals surface area contributed by atoms with Crippen molar-refractivity contribution in [3.63, 3.8) is 0 Å². The van der Waals surface area contributed by atoms with Crippen LogP contribution in [0.15, 0.2) is 76.1 Å². The van der Waals surface area contributed by atoms with Gasteiger partial charge in [0.1, 0.15) is 24.8 Å². The largest absolute Gasteiger partial charge is 0.493 e. The fourth-order valence-corrected chi connectivity index (χ4v) is 4.56. The first-order valence-corrected chi connectivity index (χ1v) is 12.2. The second-order valence-corrected chi connectivity index (χ2v) is 9.34. The van der Waals surface area contributed by atoms with Crippen molar-refractivity contribution < 1.29 is 28.2 Å². The first-order chi connectivity index (χ1) is 16.9. The molecule has 0 unspecified atom stereocenters. The number of hydrogen-bond donors (Lipinski definition) is 0. The van der Waals surface area contributed by atoms with Crippen LogP contribution in [0.3, 0.4) is 0 Å². The Morgan fingerprint density at radius 3 is 2.46 bits per heavy atom. The highest BCUT2D eigenvalue weighted by Gasteiger charge is 2.35. The lowest BCUT2D eigenvalue weighted by atomic mass is 10.1. The highest BCUT2D eigenvalue weighted by atomic mass is 79.9. The molecule has 1 aliphatic rings. The van der Waals surface area contributed by atoms with Crippen LogP contribution in [-0.4, -0.2) is 36.3 Å². The molecule has 1 heterocycles. The van der Waals surface area contributed by atoms with E-state index in [0.29, 0.717) is 22.8 Å². The van der Waals surface area contributed by atoms with Crippen LogP contribution in [-0.2, 0) is 11.4 Å². The molecule has 6 nitrogen and oxygen atoms in total. The van der Waals surface area contributed by atoms with Gasteiger partial charge in [0.05, 0.1) is 18.6 Å². The number of hydrogen-bond acceptors (Lipinski definition) is 6. The third-order valence-corrected chi connectivity index (χ3v) is 6.48. The molecule has 0 spiro atoms. The molecule has 0 bridgehead atoms. The number of carbonyl (C=O) groups excluding carboxylic acids is 2. The molecule has 1 saturated heterocycles. The highest BCUT2D eigenvalue weighted by molar-refractivity contribution is 9.10. The van der Waals surface area contributed by atoms with Crippen molar-refractivity contribution in [2.45, 2.75) is 6.61 Å². The van der Waals surface area contributed by atoms with E-state index >= 15 is 0 Å². The molecular weight excluding hydrogens is 537 g/mol. The maximum atomic E-state index is 13.2. The second kappa shape index (κ2) is 11.4. The average molecular weight is 558 g/mol. The van der Waals surface area contributed by atoms with Gasteiger partial charge in [-0.25, -0.2) is 4.39 Å². The van der Waals surface area contributed by atoms with Crippen LogP contribution in [0, 0.1) is 5.82 Å². The third-order valence-electron chi connectivity index (χ3n) is 5.08. The zero-order chi connectivity index (χ0) is 24.8. The van der Waals surface area contributed by atoms with Crippen molar-refractivity contribution in [2.75, 3.05) is 20.3 Å². The van der Waals surface area contributed by atoms with E-state index in [2.05, 4.69) is 15.9 Å². The first kappa shape index (κ1) is 24.8. The molecule has 0 aliphatic carbocycles. The summed E-state index contributed by atoms with van der Waals surface area (Å²) in [6.07, 6.45) is 1.64. The Hall–Kier alpha value is -3.30. The van der Waals surface area contributed by atoms with Crippen molar-refractivity contribution in [3.8, 4) is 17.2 Å². The molecule has 0 saturated carbocycles. The van der Waals surface area contributed by atoms with E-state index in [0.717, 1.165) is 26.7 Å². The first-order valence-electron chi connectivity index (χ1n) is 10.6. The van der Waals surface area contributed by atoms with Crippen LogP contribution in [0.25, 0.3) is 6.08 Å². The number of carbonyl (C=O) groups is 2. The Morgan fingerprint density at radius 2 is 1.71 bits per heavy atom. The van der Waals surface area contributed by atoms with Crippen LogP contribution in [0.5, 0.6) is 17.2 Å². The van der Waals surface area contributed by atoms with Gasteiger partial charge in [-0.1, -0.05) is 40.2 Å². The van der Waals surface area contributed by atoms with Gasteiger partial charge >= 0.3 is 0 Å². The van der Waals surface area contributed by atoms with Gasteiger partial charge in [0.25, 0.3) is 11.1 Å². The maximum absolute atomic E-state index is 13.2. The predicted molar refractivity (Wildman–Crippen MR) is 136 cm³/mol. The summed E-state index contributed by atoms with van der Waals surface area (Å²) in [7, 11) is 1.54. The van der Waals surface area contributed by atoms with Gasteiger partial charge in [0, 0.05) is 10.0 Å². The van der Waals surface area contributed by atoms with Crippen LogP contribution in [0.2, 0.25) is 0 Å². The molecule has 1 aliphatic heterocycles. The fourth-order valence-electron chi connectivity index (χ4n) is 3.32. The molecule has 0 aromatic heterocycles. The summed E-state index contributed by atoms with van der Waals surface area (Å²) >= 11 is 4.30. The van der Waals surface area contributed by atoms with Gasteiger partial charge in [-0.2, -0.15) is 0 Å². The van der Waals surface area contributed by atoms with Crippen LogP contribution < -0.4 is 14.2 Å².